The summed E-state index contributed by atoms with van der Waals surface area (Å²) in [7, 11) is 1.50. The number of carboxylic acids is 1. The van der Waals surface area contributed by atoms with Gasteiger partial charge in [-0.05, 0) is 49.4 Å². The van der Waals surface area contributed by atoms with Gasteiger partial charge in [0.2, 0.25) is 5.91 Å². The molecule has 0 saturated carbocycles. The van der Waals surface area contributed by atoms with Crippen molar-refractivity contribution in [2.45, 2.75) is 20.8 Å². The van der Waals surface area contributed by atoms with Gasteiger partial charge in [0.15, 0.2) is 5.82 Å². The summed E-state index contributed by atoms with van der Waals surface area (Å²) in [5.41, 5.74) is -0.610. The van der Waals surface area contributed by atoms with Gasteiger partial charge in [-0.25, -0.2) is 0 Å². The Kier molecular flexibility index (Phi) is 4.30. The lowest BCUT2D eigenvalue weighted by molar-refractivity contribution is -0.151. The Hall–Kier alpha value is -2.97. The summed E-state index contributed by atoms with van der Waals surface area (Å²) in [5.74, 6) is -0.789. The number of nitrogens with zero attached hydrogens (tertiary/aromatic N) is 4. The van der Waals surface area contributed by atoms with Crippen molar-refractivity contribution in [2.24, 2.45) is 5.41 Å². The molecule has 0 saturated heterocycles. The summed E-state index contributed by atoms with van der Waals surface area (Å²) in [6, 6.07) is 4.86. The number of methoxy groups -OCH3 is 1. The molecule has 0 fully saturated rings. The van der Waals surface area contributed by atoms with E-state index in [1.165, 1.54) is 25.6 Å². The van der Waals surface area contributed by atoms with Crippen molar-refractivity contribution in [1.82, 2.24) is 20.2 Å². The molecule has 2 aromatic rings. The van der Waals surface area contributed by atoms with Crippen LogP contribution in [0.25, 0.3) is 5.69 Å². The molecule has 0 aliphatic rings. The van der Waals surface area contributed by atoms with Crippen LogP contribution >= 0.6 is 0 Å². The Morgan fingerprint density at radius 3 is 2.57 bits per heavy atom. The summed E-state index contributed by atoms with van der Waals surface area (Å²) in [5, 5.41) is 22.9. The topological polar surface area (TPSA) is 119 Å². The van der Waals surface area contributed by atoms with Gasteiger partial charge in [-0.1, -0.05) is 0 Å². The first-order valence-electron chi connectivity index (χ1n) is 6.75. The van der Waals surface area contributed by atoms with Crippen molar-refractivity contribution in [1.29, 1.82) is 0 Å². The van der Waals surface area contributed by atoms with E-state index in [2.05, 4.69) is 20.8 Å². The molecule has 1 heterocycles. The lowest BCUT2D eigenvalue weighted by Gasteiger charge is -2.19. The van der Waals surface area contributed by atoms with Crippen LogP contribution in [0.15, 0.2) is 18.2 Å². The Morgan fingerprint density at radius 2 is 2.04 bits per heavy atom. The summed E-state index contributed by atoms with van der Waals surface area (Å²) in [4.78, 5) is 23.3. The number of carboxylic acid groups (broad SMARTS) is 1. The largest absolute Gasteiger partial charge is 0.494 e. The SMILES string of the molecule is COc1ccc(NC(=O)C(C)(C)C(=O)O)cc1-n1nnnc1C. The molecule has 9 nitrogen and oxygen atoms in total. The maximum atomic E-state index is 12.1. The highest BCUT2D eigenvalue weighted by atomic mass is 16.5. The Balaban J connectivity index is 2.38. The first-order chi connectivity index (χ1) is 10.8. The average molecular weight is 319 g/mol. The van der Waals surface area contributed by atoms with Gasteiger partial charge in [-0.3, -0.25) is 9.59 Å². The number of benzene rings is 1. The van der Waals surface area contributed by atoms with Crippen molar-refractivity contribution in [2.75, 3.05) is 12.4 Å². The number of hydrogen-bond acceptors (Lipinski definition) is 6. The molecule has 0 bridgehead atoms. The van der Waals surface area contributed by atoms with Gasteiger partial charge in [0, 0.05) is 5.69 Å². The van der Waals surface area contributed by atoms with Gasteiger partial charge in [-0.15, -0.1) is 5.10 Å². The summed E-state index contributed by atoms with van der Waals surface area (Å²) in [6.45, 7) is 4.39. The molecule has 0 spiro atoms. The van der Waals surface area contributed by atoms with E-state index >= 15 is 0 Å². The number of tetrazole rings is 1. The van der Waals surface area contributed by atoms with E-state index in [1.54, 1.807) is 25.1 Å². The van der Waals surface area contributed by atoms with Crippen LogP contribution in [-0.2, 0) is 9.59 Å². The number of amides is 1. The minimum absolute atomic E-state index is 0.412. The number of rotatable bonds is 5. The first kappa shape index (κ1) is 16.4. The number of carbonyl (C=O) groups excluding carboxylic acids is 1. The van der Waals surface area contributed by atoms with Crippen molar-refractivity contribution < 1.29 is 19.4 Å². The van der Waals surface area contributed by atoms with Crippen LogP contribution in [0.2, 0.25) is 0 Å². The second-order valence-electron chi connectivity index (χ2n) is 5.41. The molecule has 0 aliphatic heterocycles. The molecular weight excluding hydrogens is 302 g/mol. The third kappa shape index (κ3) is 3.12. The zero-order valence-electron chi connectivity index (χ0n) is 13.2. The van der Waals surface area contributed by atoms with E-state index < -0.39 is 17.3 Å². The van der Waals surface area contributed by atoms with E-state index in [9.17, 15) is 9.59 Å². The number of hydrogen-bond donors (Lipinski definition) is 2. The molecular formula is C14H17N5O4. The highest BCUT2D eigenvalue weighted by Gasteiger charge is 2.36. The fourth-order valence-electron chi connectivity index (χ4n) is 1.77. The monoisotopic (exact) mass is 319 g/mol. The van der Waals surface area contributed by atoms with Gasteiger partial charge < -0.3 is 15.2 Å². The average Bonchev–Trinajstić information content (AvgIpc) is 2.92. The lowest BCUT2D eigenvalue weighted by atomic mass is 9.92. The number of aryl methyl sites for hydroxylation is 1. The summed E-state index contributed by atoms with van der Waals surface area (Å²) in [6.07, 6.45) is 0. The smallest absolute Gasteiger partial charge is 0.318 e. The molecule has 122 valence electrons. The molecule has 0 aliphatic carbocycles. The highest BCUT2D eigenvalue weighted by Crippen LogP contribution is 2.27. The van der Waals surface area contributed by atoms with E-state index in [4.69, 9.17) is 9.84 Å². The van der Waals surface area contributed by atoms with Crippen LogP contribution in [0.5, 0.6) is 5.75 Å². The van der Waals surface area contributed by atoms with Gasteiger partial charge in [0.25, 0.3) is 0 Å². The predicted molar refractivity (Wildman–Crippen MR) is 80.5 cm³/mol. The number of aromatic nitrogens is 4. The third-order valence-corrected chi connectivity index (χ3v) is 3.39. The van der Waals surface area contributed by atoms with Crippen LogP contribution in [0.4, 0.5) is 5.69 Å². The minimum atomic E-state index is -1.55. The van der Waals surface area contributed by atoms with Crippen LogP contribution in [0.1, 0.15) is 19.7 Å². The van der Waals surface area contributed by atoms with Crippen LogP contribution in [-0.4, -0.2) is 44.3 Å². The van der Waals surface area contributed by atoms with Crippen molar-refractivity contribution in [3.05, 3.63) is 24.0 Å². The zero-order chi connectivity index (χ0) is 17.2. The fourth-order valence-corrected chi connectivity index (χ4v) is 1.77. The lowest BCUT2D eigenvalue weighted by Crippen LogP contribution is -2.37. The molecule has 1 aromatic heterocycles. The predicted octanol–water partition coefficient (Wildman–Crippen LogP) is 1.03. The van der Waals surface area contributed by atoms with Gasteiger partial charge in [0.05, 0.1) is 7.11 Å². The van der Waals surface area contributed by atoms with Crippen molar-refractivity contribution in [3.63, 3.8) is 0 Å². The summed E-state index contributed by atoms with van der Waals surface area (Å²) < 4.78 is 6.72. The molecule has 9 heteroatoms. The number of nitrogens with one attached hydrogen (secondary N) is 1. The van der Waals surface area contributed by atoms with E-state index in [0.29, 0.717) is 22.9 Å². The van der Waals surface area contributed by atoms with E-state index in [0.717, 1.165) is 0 Å². The molecule has 1 aromatic carbocycles. The van der Waals surface area contributed by atoms with E-state index in [-0.39, 0.29) is 0 Å². The van der Waals surface area contributed by atoms with Crippen molar-refractivity contribution >= 4 is 17.6 Å². The van der Waals surface area contributed by atoms with Gasteiger partial charge in [0.1, 0.15) is 16.9 Å². The molecule has 0 unspecified atom stereocenters. The van der Waals surface area contributed by atoms with Crippen molar-refractivity contribution in [3.8, 4) is 11.4 Å². The number of anilines is 1. The van der Waals surface area contributed by atoms with Crippen LogP contribution in [0, 0.1) is 12.3 Å². The molecule has 0 atom stereocenters. The Labute approximate surface area is 132 Å². The maximum absolute atomic E-state index is 12.1. The molecule has 0 radical (unpaired) electrons. The number of ether oxygens (including phenoxy) is 1. The number of aliphatic carboxylic acids is 1. The van der Waals surface area contributed by atoms with Crippen LogP contribution in [0.3, 0.4) is 0 Å². The number of carbonyl (C=O) groups is 2. The second kappa shape index (κ2) is 6.03. The van der Waals surface area contributed by atoms with Crippen LogP contribution < -0.4 is 10.1 Å². The first-order valence-corrected chi connectivity index (χ1v) is 6.75. The molecule has 2 N–H and O–H groups in total. The molecule has 23 heavy (non-hydrogen) atoms. The standard InChI is InChI=1S/C14H17N5O4/c1-8-16-17-18-19(8)10-7-9(5-6-11(10)23-4)15-12(20)14(2,3)13(21)22/h5-7H,1-4H3,(H,15,20)(H,21,22). The Morgan fingerprint density at radius 1 is 1.35 bits per heavy atom. The zero-order valence-corrected chi connectivity index (χ0v) is 13.2. The normalized spacial score (nSPS) is 11.1. The summed E-state index contributed by atoms with van der Waals surface area (Å²) >= 11 is 0. The van der Waals surface area contributed by atoms with E-state index in [1.807, 2.05) is 0 Å². The fraction of sp³-hybridized carbons (Fsp3) is 0.357. The minimum Gasteiger partial charge on any atom is -0.494 e. The highest BCUT2D eigenvalue weighted by molar-refractivity contribution is 6.07. The van der Waals surface area contributed by atoms with Gasteiger partial charge in [-0.2, -0.15) is 4.68 Å². The maximum Gasteiger partial charge on any atom is 0.318 e. The molecule has 1 amide bonds. The Bertz CT molecular complexity index is 753. The quantitative estimate of drug-likeness (QED) is 0.790. The third-order valence-electron chi connectivity index (χ3n) is 3.39. The second-order valence-corrected chi connectivity index (χ2v) is 5.41. The molecule has 2 rings (SSSR count). The van der Waals surface area contributed by atoms with Gasteiger partial charge >= 0.3 is 5.97 Å².